The summed E-state index contributed by atoms with van der Waals surface area (Å²) in [5.41, 5.74) is 6.02. The Bertz CT molecular complexity index is 1230. The maximum atomic E-state index is 3.62. The van der Waals surface area contributed by atoms with Crippen LogP contribution in [0.3, 0.4) is 0 Å². The largest absolute Gasteiger partial charge is 0.309 e. The molecular formula is C24H15Br2N. The predicted octanol–water partition coefficient (Wildman–Crippen LogP) is 7.98. The number of benzene rings is 4. The molecule has 0 aliphatic heterocycles. The normalized spacial score (nSPS) is 11.3. The summed E-state index contributed by atoms with van der Waals surface area (Å²) < 4.78 is 4.52. The lowest BCUT2D eigenvalue weighted by Crippen LogP contribution is -1.94. The first-order valence-electron chi connectivity index (χ1n) is 8.76. The zero-order valence-corrected chi connectivity index (χ0v) is 17.5. The van der Waals surface area contributed by atoms with Crippen LogP contribution in [-0.2, 0) is 0 Å². The van der Waals surface area contributed by atoms with Crippen molar-refractivity contribution in [1.82, 2.24) is 4.57 Å². The van der Waals surface area contributed by atoms with Crippen molar-refractivity contribution in [2.24, 2.45) is 0 Å². The minimum Gasteiger partial charge on any atom is -0.309 e. The highest BCUT2D eigenvalue weighted by Gasteiger charge is 2.13. The molecular weight excluding hydrogens is 462 g/mol. The van der Waals surface area contributed by atoms with E-state index < -0.39 is 0 Å². The van der Waals surface area contributed by atoms with E-state index in [1.807, 2.05) is 0 Å². The molecule has 0 spiro atoms. The summed E-state index contributed by atoms with van der Waals surface area (Å²) in [6.45, 7) is 0. The van der Waals surface area contributed by atoms with Crippen LogP contribution >= 0.6 is 31.9 Å². The van der Waals surface area contributed by atoms with Gasteiger partial charge in [-0.05, 0) is 59.7 Å². The van der Waals surface area contributed by atoms with Gasteiger partial charge in [0.25, 0.3) is 0 Å². The molecule has 0 N–H and O–H groups in total. The third-order valence-corrected chi connectivity index (χ3v) is 5.89. The van der Waals surface area contributed by atoms with E-state index in [2.05, 4.69) is 127 Å². The topological polar surface area (TPSA) is 4.93 Å². The highest BCUT2D eigenvalue weighted by Crippen LogP contribution is 2.36. The molecule has 0 bridgehead atoms. The molecule has 0 aliphatic carbocycles. The van der Waals surface area contributed by atoms with Gasteiger partial charge in [-0.2, -0.15) is 0 Å². The van der Waals surface area contributed by atoms with Gasteiger partial charge in [0.05, 0.1) is 11.0 Å². The van der Waals surface area contributed by atoms with Crippen LogP contribution in [-0.4, -0.2) is 4.57 Å². The number of nitrogens with zero attached hydrogens (tertiary/aromatic N) is 1. The van der Waals surface area contributed by atoms with Gasteiger partial charge in [0.1, 0.15) is 0 Å². The number of aromatic nitrogens is 1. The van der Waals surface area contributed by atoms with Gasteiger partial charge in [0.2, 0.25) is 0 Å². The fourth-order valence-corrected chi connectivity index (χ4v) is 4.42. The van der Waals surface area contributed by atoms with Crippen LogP contribution in [0.5, 0.6) is 0 Å². The van der Waals surface area contributed by atoms with Gasteiger partial charge >= 0.3 is 0 Å². The Morgan fingerprint density at radius 3 is 1.74 bits per heavy atom. The summed E-state index contributed by atoms with van der Waals surface area (Å²) in [5, 5.41) is 2.48. The molecule has 0 atom stereocenters. The molecule has 130 valence electrons. The SMILES string of the molecule is Brc1ccc2c(c1)c1cc(Br)ccc1n2-c1cccc(-c2ccccc2)c1. The van der Waals surface area contributed by atoms with E-state index in [1.165, 1.54) is 38.6 Å². The lowest BCUT2D eigenvalue weighted by atomic mass is 10.1. The average molecular weight is 477 g/mol. The molecule has 5 aromatic rings. The van der Waals surface area contributed by atoms with Gasteiger partial charge in [-0.25, -0.2) is 0 Å². The van der Waals surface area contributed by atoms with Crippen LogP contribution in [0.1, 0.15) is 0 Å². The molecule has 0 saturated carbocycles. The molecule has 0 unspecified atom stereocenters. The molecule has 1 heterocycles. The lowest BCUT2D eigenvalue weighted by molar-refractivity contribution is 1.18. The Hall–Kier alpha value is -2.36. The van der Waals surface area contributed by atoms with Crippen molar-refractivity contribution in [3.8, 4) is 16.8 Å². The highest BCUT2D eigenvalue weighted by molar-refractivity contribution is 9.10. The second-order valence-electron chi connectivity index (χ2n) is 6.57. The molecule has 27 heavy (non-hydrogen) atoms. The van der Waals surface area contributed by atoms with Crippen LogP contribution in [0.15, 0.2) is 99.9 Å². The third kappa shape index (κ3) is 2.91. The summed E-state index contributed by atoms with van der Waals surface area (Å²) in [5.74, 6) is 0. The van der Waals surface area contributed by atoms with Crippen molar-refractivity contribution < 1.29 is 0 Å². The molecule has 0 amide bonds. The van der Waals surface area contributed by atoms with Gasteiger partial charge in [0, 0.05) is 25.4 Å². The minimum atomic E-state index is 1.09. The van der Waals surface area contributed by atoms with Gasteiger partial charge in [-0.3, -0.25) is 0 Å². The maximum Gasteiger partial charge on any atom is 0.0541 e. The molecule has 0 fully saturated rings. The Morgan fingerprint density at radius 2 is 1.11 bits per heavy atom. The zero-order valence-electron chi connectivity index (χ0n) is 14.4. The molecule has 0 saturated heterocycles. The fraction of sp³-hybridized carbons (Fsp3) is 0. The molecule has 0 aliphatic rings. The average Bonchev–Trinajstić information content (AvgIpc) is 3.02. The Morgan fingerprint density at radius 1 is 0.519 bits per heavy atom. The molecule has 1 aromatic heterocycles. The zero-order chi connectivity index (χ0) is 18.4. The molecule has 1 nitrogen and oxygen atoms in total. The number of rotatable bonds is 2. The first-order valence-corrected chi connectivity index (χ1v) is 10.3. The second-order valence-corrected chi connectivity index (χ2v) is 8.41. The van der Waals surface area contributed by atoms with E-state index >= 15 is 0 Å². The summed E-state index contributed by atoms with van der Waals surface area (Å²) in [6.07, 6.45) is 0. The Kier molecular flexibility index (Phi) is 4.14. The van der Waals surface area contributed by atoms with Gasteiger partial charge in [-0.1, -0.05) is 74.3 Å². The van der Waals surface area contributed by atoms with Gasteiger partial charge < -0.3 is 4.57 Å². The summed E-state index contributed by atoms with van der Waals surface area (Å²) in [7, 11) is 0. The maximum absolute atomic E-state index is 3.62. The first kappa shape index (κ1) is 16.8. The standard InChI is InChI=1S/C24H15Br2N/c25-18-9-11-23-21(14-18)22-15-19(26)10-12-24(22)27(23)20-8-4-7-17(13-20)16-5-2-1-3-6-16/h1-15H. The van der Waals surface area contributed by atoms with Crippen molar-refractivity contribution in [3.63, 3.8) is 0 Å². The monoisotopic (exact) mass is 475 g/mol. The Labute approximate surface area is 174 Å². The smallest absolute Gasteiger partial charge is 0.0541 e. The van der Waals surface area contributed by atoms with Crippen LogP contribution in [0, 0.1) is 0 Å². The van der Waals surface area contributed by atoms with Crippen LogP contribution < -0.4 is 0 Å². The molecule has 3 heteroatoms. The van der Waals surface area contributed by atoms with Crippen LogP contribution in [0.2, 0.25) is 0 Å². The van der Waals surface area contributed by atoms with Crippen LogP contribution in [0.25, 0.3) is 38.6 Å². The van der Waals surface area contributed by atoms with Gasteiger partial charge in [-0.15, -0.1) is 0 Å². The Balaban J connectivity index is 1.83. The van der Waals surface area contributed by atoms with Crippen molar-refractivity contribution in [3.05, 3.63) is 99.9 Å². The van der Waals surface area contributed by atoms with Crippen molar-refractivity contribution in [2.45, 2.75) is 0 Å². The van der Waals surface area contributed by atoms with Crippen molar-refractivity contribution >= 4 is 53.7 Å². The van der Waals surface area contributed by atoms with E-state index in [9.17, 15) is 0 Å². The number of hydrogen-bond acceptors (Lipinski definition) is 0. The second kappa shape index (κ2) is 6.66. The molecule has 4 aromatic carbocycles. The van der Waals surface area contributed by atoms with Crippen molar-refractivity contribution in [2.75, 3.05) is 0 Å². The third-order valence-electron chi connectivity index (χ3n) is 4.90. The highest BCUT2D eigenvalue weighted by atomic mass is 79.9. The summed E-state index contributed by atoms with van der Waals surface area (Å²) >= 11 is 7.25. The van der Waals surface area contributed by atoms with E-state index in [-0.39, 0.29) is 0 Å². The lowest BCUT2D eigenvalue weighted by Gasteiger charge is -2.10. The quantitative estimate of drug-likeness (QED) is 0.243. The minimum absolute atomic E-state index is 1.09. The van der Waals surface area contributed by atoms with E-state index in [1.54, 1.807) is 0 Å². The summed E-state index contributed by atoms with van der Waals surface area (Å²) in [4.78, 5) is 0. The predicted molar refractivity (Wildman–Crippen MR) is 122 cm³/mol. The number of hydrogen-bond donors (Lipinski definition) is 0. The molecule has 0 radical (unpaired) electrons. The van der Waals surface area contributed by atoms with Gasteiger partial charge in [0.15, 0.2) is 0 Å². The summed E-state index contributed by atoms with van der Waals surface area (Å²) in [6, 6.07) is 32.2. The van der Waals surface area contributed by atoms with Crippen LogP contribution in [0.4, 0.5) is 0 Å². The van der Waals surface area contributed by atoms with E-state index in [0.29, 0.717) is 0 Å². The molecule has 5 rings (SSSR count). The first-order chi connectivity index (χ1) is 13.2. The fourth-order valence-electron chi connectivity index (χ4n) is 3.70. The number of fused-ring (bicyclic) bond motifs is 3. The van der Waals surface area contributed by atoms with E-state index in [0.717, 1.165) is 8.95 Å². The van der Waals surface area contributed by atoms with Crippen molar-refractivity contribution in [1.29, 1.82) is 0 Å². The van der Waals surface area contributed by atoms with E-state index in [4.69, 9.17) is 0 Å². The number of halogens is 2.